The first-order valence-corrected chi connectivity index (χ1v) is 9.39. The fourth-order valence-corrected chi connectivity index (χ4v) is 4.15. The van der Waals surface area contributed by atoms with Gasteiger partial charge in [-0.15, -0.1) is 0 Å². The number of ether oxygens (including phenoxy) is 2. The highest BCUT2D eigenvalue weighted by atomic mass is 16.5. The molecule has 5 nitrogen and oxygen atoms in total. The van der Waals surface area contributed by atoms with Gasteiger partial charge in [0.2, 0.25) is 5.91 Å². The Hall–Kier alpha value is -1.75. The Morgan fingerprint density at radius 2 is 1.96 bits per heavy atom. The second-order valence-corrected chi connectivity index (χ2v) is 7.25. The molecule has 1 N–H and O–H groups in total. The van der Waals surface area contributed by atoms with Crippen LogP contribution in [0.4, 0.5) is 0 Å². The van der Waals surface area contributed by atoms with E-state index < -0.39 is 0 Å². The van der Waals surface area contributed by atoms with Crippen molar-refractivity contribution in [2.24, 2.45) is 5.92 Å². The predicted octanol–water partition coefficient (Wildman–Crippen LogP) is 3.15. The number of nitrogens with zero attached hydrogens (tertiary/aromatic N) is 1. The van der Waals surface area contributed by atoms with Gasteiger partial charge in [0, 0.05) is 42.7 Å². The molecular weight excluding hydrogens is 316 g/mol. The van der Waals surface area contributed by atoms with Crippen LogP contribution in [0.1, 0.15) is 50.6 Å². The Balaban J connectivity index is 1.58. The average Bonchev–Trinajstić information content (AvgIpc) is 3.32. The van der Waals surface area contributed by atoms with Crippen LogP contribution in [0, 0.1) is 5.92 Å². The van der Waals surface area contributed by atoms with Crippen LogP contribution in [0.25, 0.3) is 0 Å². The molecule has 0 aromatic heterocycles. The molecule has 0 unspecified atom stereocenters. The molecule has 3 rings (SSSR count). The standard InChI is InChI=1S/C20H30N2O3/c1-14(18-9-8-17(24-2)12-19(18)25-3)21-16-10-11-22(13-16)20(23)15-6-4-5-7-15/h8-9,12,14-16,21H,4-7,10-11,13H2,1-3H3/t14-,16+/m1/s1. The number of rotatable bonds is 6. The molecule has 0 radical (unpaired) electrons. The van der Waals surface area contributed by atoms with Crippen molar-refractivity contribution in [2.75, 3.05) is 27.3 Å². The van der Waals surface area contributed by atoms with E-state index in [1.807, 2.05) is 18.2 Å². The molecule has 2 fully saturated rings. The second-order valence-electron chi connectivity index (χ2n) is 7.25. The van der Waals surface area contributed by atoms with E-state index in [1.165, 1.54) is 12.8 Å². The molecule has 0 bridgehead atoms. The van der Waals surface area contributed by atoms with Gasteiger partial charge in [0.25, 0.3) is 0 Å². The van der Waals surface area contributed by atoms with E-state index in [4.69, 9.17) is 9.47 Å². The number of hydrogen-bond donors (Lipinski definition) is 1. The molecule has 1 heterocycles. The molecule has 5 heteroatoms. The number of nitrogens with one attached hydrogen (secondary N) is 1. The van der Waals surface area contributed by atoms with Crippen LogP contribution < -0.4 is 14.8 Å². The maximum absolute atomic E-state index is 12.6. The van der Waals surface area contributed by atoms with Crippen molar-refractivity contribution in [1.29, 1.82) is 0 Å². The summed E-state index contributed by atoms with van der Waals surface area (Å²) in [5.41, 5.74) is 1.11. The van der Waals surface area contributed by atoms with Crippen LogP contribution in [0.15, 0.2) is 18.2 Å². The Morgan fingerprint density at radius 1 is 1.20 bits per heavy atom. The smallest absolute Gasteiger partial charge is 0.225 e. The number of likely N-dealkylation sites (tertiary alicyclic amines) is 1. The largest absolute Gasteiger partial charge is 0.497 e. The fraction of sp³-hybridized carbons (Fsp3) is 0.650. The zero-order valence-electron chi connectivity index (χ0n) is 15.6. The maximum Gasteiger partial charge on any atom is 0.225 e. The highest BCUT2D eigenvalue weighted by molar-refractivity contribution is 5.79. The van der Waals surface area contributed by atoms with Crippen molar-refractivity contribution >= 4 is 5.91 Å². The van der Waals surface area contributed by atoms with Gasteiger partial charge in [-0.2, -0.15) is 0 Å². The highest BCUT2D eigenvalue weighted by Crippen LogP contribution is 2.31. The molecule has 1 amide bonds. The zero-order chi connectivity index (χ0) is 17.8. The van der Waals surface area contributed by atoms with Crippen LogP contribution in [-0.2, 0) is 4.79 Å². The number of benzene rings is 1. The van der Waals surface area contributed by atoms with E-state index >= 15 is 0 Å². The summed E-state index contributed by atoms with van der Waals surface area (Å²) in [4.78, 5) is 14.6. The molecular formula is C20H30N2O3. The van der Waals surface area contributed by atoms with Gasteiger partial charge in [-0.1, -0.05) is 18.9 Å². The van der Waals surface area contributed by atoms with E-state index in [1.54, 1.807) is 14.2 Å². The Bertz CT molecular complexity index is 599. The van der Waals surface area contributed by atoms with Crippen molar-refractivity contribution in [1.82, 2.24) is 10.2 Å². The molecule has 25 heavy (non-hydrogen) atoms. The van der Waals surface area contributed by atoms with E-state index in [-0.39, 0.29) is 12.0 Å². The van der Waals surface area contributed by atoms with Crippen LogP contribution in [0.5, 0.6) is 11.5 Å². The number of hydrogen-bond acceptors (Lipinski definition) is 4. The van der Waals surface area contributed by atoms with E-state index in [0.717, 1.165) is 49.4 Å². The lowest BCUT2D eigenvalue weighted by molar-refractivity contribution is -0.134. The summed E-state index contributed by atoms with van der Waals surface area (Å²) in [6.07, 6.45) is 5.58. The summed E-state index contributed by atoms with van der Waals surface area (Å²) in [7, 11) is 3.34. The van der Waals surface area contributed by atoms with Crippen LogP contribution in [0.3, 0.4) is 0 Å². The number of amides is 1. The van der Waals surface area contributed by atoms with Crippen molar-refractivity contribution in [3.63, 3.8) is 0 Å². The van der Waals surface area contributed by atoms with Crippen LogP contribution >= 0.6 is 0 Å². The summed E-state index contributed by atoms with van der Waals surface area (Å²) in [6.45, 7) is 3.84. The molecule has 2 aliphatic rings. The second kappa shape index (κ2) is 8.09. The summed E-state index contributed by atoms with van der Waals surface area (Å²) < 4.78 is 10.8. The lowest BCUT2D eigenvalue weighted by Crippen LogP contribution is -2.38. The minimum atomic E-state index is 0.160. The van der Waals surface area contributed by atoms with Gasteiger partial charge in [-0.25, -0.2) is 0 Å². The zero-order valence-corrected chi connectivity index (χ0v) is 15.6. The third kappa shape index (κ3) is 4.09. The molecule has 0 spiro atoms. The maximum atomic E-state index is 12.6. The van der Waals surface area contributed by atoms with Crippen LogP contribution in [0.2, 0.25) is 0 Å². The van der Waals surface area contributed by atoms with Gasteiger partial charge in [0.05, 0.1) is 14.2 Å². The molecule has 1 aliphatic heterocycles. The Morgan fingerprint density at radius 3 is 2.64 bits per heavy atom. The van der Waals surface area contributed by atoms with Crippen LogP contribution in [-0.4, -0.2) is 44.2 Å². The molecule has 1 aliphatic carbocycles. The minimum absolute atomic E-state index is 0.160. The van der Waals surface area contributed by atoms with Gasteiger partial charge < -0.3 is 19.7 Å². The lowest BCUT2D eigenvalue weighted by atomic mass is 10.1. The van der Waals surface area contributed by atoms with E-state index in [9.17, 15) is 4.79 Å². The minimum Gasteiger partial charge on any atom is -0.497 e. The third-order valence-corrected chi connectivity index (χ3v) is 5.60. The van der Waals surface area contributed by atoms with Gasteiger partial charge in [-0.3, -0.25) is 4.79 Å². The summed E-state index contributed by atoms with van der Waals surface area (Å²) >= 11 is 0. The highest BCUT2D eigenvalue weighted by Gasteiger charge is 2.32. The third-order valence-electron chi connectivity index (χ3n) is 5.60. The lowest BCUT2D eigenvalue weighted by Gasteiger charge is -2.23. The van der Waals surface area contributed by atoms with Crippen molar-refractivity contribution in [2.45, 2.75) is 51.1 Å². The summed E-state index contributed by atoms with van der Waals surface area (Å²) in [6, 6.07) is 6.42. The number of carbonyl (C=O) groups is 1. The quantitative estimate of drug-likeness (QED) is 0.860. The monoisotopic (exact) mass is 346 g/mol. The average molecular weight is 346 g/mol. The molecule has 1 saturated carbocycles. The van der Waals surface area contributed by atoms with E-state index in [2.05, 4.69) is 17.1 Å². The first-order valence-electron chi connectivity index (χ1n) is 9.39. The molecule has 2 atom stereocenters. The fourth-order valence-electron chi connectivity index (χ4n) is 4.15. The van der Waals surface area contributed by atoms with Crippen molar-refractivity contribution in [3.8, 4) is 11.5 Å². The van der Waals surface area contributed by atoms with Crippen molar-refractivity contribution < 1.29 is 14.3 Å². The van der Waals surface area contributed by atoms with Gasteiger partial charge in [0.15, 0.2) is 0 Å². The van der Waals surface area contributed by atoms with Gasteiger partial charge in [0.1, 0.15) is 11.5 Å². The van der Waals surface area contributed by atoms with Gasteiger partial charge in [-0.05, 0) is 32.3 Å². The first kappa shape index (κ1) is 18.1. The van der Waals surface area contributed by atoms with Crippen molar-refractivity contribution in [3.05, 3.63) is 23.8 Å². The van der Waals surface area contributed by atoms with Gasteiger partial charge >= 0.3 is 0 Å². The SMILES string of the molecule is COc1ccc([C@@H](C)N[C@H]2CCN(C(=O)C3CCCC3)C2)c(OC)c1. The molecule has 1 saturated heterocycles. The normalized spacial score (nSPS) is 22.2. The topological polar surface area (TPSA) is 50.8 Å². The number of carbonyl (C=O) groups excluding carboxylic acids is 1. The summed E-state index contributed by atoms with van der Waals surface area (Å²) in [5.74, 6) is 2.27. The molecule has 1 aromatic rings. The molecule has 138 valence electrons. The van der Waals surface area contributed by atoms with E-state index in [0.29, 0.717) is 11.9 Å². The Labute approximate surface area is 150 Å². The predicted molar refractivity (Wildman–Crippen MR) is 98.0 cm³/mol. The summed E-state index contributed by atoms with van der Waals surface area (Å²) in [5, 5.41) is 3.67. The Kier molecular flexibility index (Phi) is 5.84. The number of methoxy groups -OCH3 is 2. The first-order chi connectivity index (χ1) is 12.1. The molecule has 1 aromatic carbocycles.